The number of sulfone groups is 1. The third-order valence-corrected chi connectivity index (χ3v) is 8.97. The summed E-state index contributed by atoms with van der Waals surface area (Å²) in [6, 6.07) is 7.99. The van der Waals surface area contributed by atoms with Crippen molar-refractivity contribution in [3.8, 4) is 0 Å². The Morgan fingerprint density at radius 2 is 1.97 bits per heavy atom. The molecule has 8 heteroatoms. The van der Waals surface area contributed by atoms with Gasteiger partial charge in [-0.15, -0.1) is 0 Å². The molecule has 1 aromatic carbocycles. The maximum atomic E-state index is 12.4. The number of benzene rings is 1. The van der Waals surface area contributed by atoms with Crippen molar-refractivity contribution < 1.29 is 13.2 Å². The fourth-order valence-electron chi connectivity index (χ4n) is 4.14. The molecule has 0 bridgehead atoms. The molecule has 0 aliphatic carbocycles. The van der Waals surface area contributed by atoms with Gasteiger partial charge in [0.05, 0.1) is 17.0 Å². The van der Waals surface area contributed by atoms with Crippen LogP contribution in [0.2, 0.25) is 5.02 Å². The minimum Gasteiger partial charge on any atom is -0.381 e. The van der Waals surface area contributed by atoms with E-state index < -0.39 is 14.6 Å². The van der Waals surface area contributed by atoms with Gasteiger partial charge in [-0.3, -0.25) is 4.99 Å². The van der Waals surface area contributed by atoms with Crippen LogP contribution in [0.15, 0.2) is 29.3 Å². The summed E-state index contributed by atoms with van der Waals surface area (Å²) in [5.41, 5.74) is 0.945. The van der Waals surface area contributed by atoms with E-state index in [0.717, 1.165) is 35.9 Å². The van der Waals surface area contributed by atoms with Crippen molar-refractivity contribution in [2.75, 3.05) is 45.1 Å². The summed E-state index contributed by atoms with van der Waals surface area (Å²) >= 11 is 6.56. The first-order valence-corrected chi connectivity index (χ1v) is 12.3. The van der Waals surface area contributed by atoms with Crippen LogP contribution in [0.3, 0.4) is 0 Å². The quantitative estimate of drug-likeness (QED) is 0.574. The van der Waals surface area contributed by atoms with Crippen molar-refractivity contribution in [2.24, 2.45) is 4.99 Å². The van der Waals surface area contributed by atoms with Crippen LogP contribution in [0.4, 0.5) is 0 Å². The minimum absolute atomic E-state index is 0.147. The van der Waals surface area contributed by atoms with E-state index in [4.69, 9.17) is 21.3 Å². The van der Waals surface area contributed by atoms with Crippen LogP contribution in [0.5, 0.6) is 0 Å². The Balaban J connectivity index is 1.89. The van der Waals surface area contributed by atoms with Gasteiger partial charge in [-0.1, -0.05) is 29.8 Å². The van der Waals surface area contributed by atoms with Crippen molar-refractivity contribution >= 4 is 27.4 Å². The lowest BCUT2D eigenvalue weighted by atomic mass is 9.74. The van der Waals surface area contributed by atoms with Crippen LogP contribution in [0.25, 0.3) is 0 Å². The lowest BCUT2D eigenvalue weighted by molar-refractivity contribution is 0.0530. The number of rotatable bonds is 4. The number of halogens is 1. The highest BCUT2D eigenvalue weighted by Gasteiger charge is 2.41. The molecule has 2 aliphatic heterocycles. The van der Waals surface area contributed by atoms with E-state index in [1.54, 1.807) is 13.8 Å². The van der Waals surface area contributed by atoms with Crippen molar-refractivity contribution in [2.45, 2.75) is 43.8 Å². The molecule has 0 spiro atoms. The number of nitrogens with zero attached hydrogens (tertiary/aromatic N) is 2. The average Bonchev–Trinajstić information content (AvgIpc) is 2.68. The summed E-state index contributed by atoms with van der Waals surface area (Å²) in [5.74, 6) is 0.918. The zero-order chi connectivity index (χ0) is 21.1. The average molecular weight is 442 g/mol. The first-order valence-electron chi connectivity index (χ1n) is 10.3. The first kappa shape index (κ1) is 22.4. The zero-order valence-corrected chi connectivity index (χ0v) is 19.2. The molecule has 1 aromatic rings. The summed E-state index contributed by atoms with van der Waals surface area (Å²) in [5, 5.41) is 4.12. The molecular weight excluding hydrogens is 410 g/mol. The Labute approximate surface area is 179 Å². The van der Waals surface area contributed by atoms with Gasteiger partial charge >= 0.3 is 0 Å². The smallest absolute Gasteiger partial charge is 0.194 e. The van der Waals surface area contributed by atoms with Crippen molar-refractivity contribution in [1.29, 1.82) is 0 Å². The van der Waals surface area contributed by atoms with Gasteiger partial charge in [-0.05, 0) is 45.2 Å². The van der Waals surface area contributed by atoms with Gasteiger partial charge in [0, 0.05) is 43.3 Å². The Morgan fingerprint density at radius 1 is 1.28 bits per heavy atom. The topological polar surface area (TPSA) is 71.0 Å². The molecule has 162 valence electrons. The number of ether oxygens (including phenoxy) is 1. The van der Waals surface area contributed by atoms with Gasteiger partial charge in [0.15, 0.2) is 15.8 Å². The second kappa shape index (κ2) is 8.82. The Morgan fingerprint density at radius 3 is 2.59 bits per heavy atom. The molecule has 0 aromatic heterocycles. The van der Waals surface area contributed by atoms with Gasteiger partial charge in [0.1, 0.15) is 0 Å². The van der Waals surface area contributed by atoms with Crippen LogP contribution < -0.4 is 5.32 Å². The van der Waals surface area contributed by atoms with Crippen LogP contribution in [0, 0.1) is 0 Å². The number of nitrogens with one attached hydrogen (secondary N) is 1. The fraction of sp³-hybridized carbons (Fsp3) is 0.667. The van der Waals surface area contributed by atoms with E-state index >= 15 is 0 Å². The molecule has 0 atom stereocenters. The molecule has 0 unspecified atom stereocenters. The summed E-state index contributed by atoms with van der Waals surface area (Å²) in [7, 11) is -3.10. The highest BCUT2D eigenvalue weighted by molar-refractivity contribution is 7.92. The largest absolute Gasteiger partial charge is 0.381 e. The lowest BCUT2D eigenvalue weighted by Crippen LogP contribution is -2.57. The molecule has 2 heterocycles. The van der Waals surface area contributed by atoms with Crippen LogP contribution in [-0.2, 0) is 20.0 Å². The monoisotopic (exact) mass is 441 g/mol. The summed E-state index contributed by atoms with van der Waals surface area (Å²) in [4.78, 5) is 7.06. The van der Waals surface area contributed by atoms with Gasteiger partial charge in [0.25, 0.3) is 0 Å². The van der Waals surface area contributed by atoms with E-state index in [0.29, 0.717) is 32.8 Å². The van der Waals surface area contributed by atoms with Crippen molar-refractivity contribution in [1.82, 2.24) is 10.2 Å². The lowest BCUT2D eigenvalue weighted by Gasteiger charge is -2.40. The molecule has 0 radical (unpaired) electrons. The maximum absolute atomic E-state index is 12.4. The summed E-state index contributed by atoms with van der Waals surface area (Å²) in [6.45, 7) is 9.20. The third kappa shape index (κ3) is 4.72. The minimum atomic E-state index is -3.10. The standard InChI is InChI=1S/C21H32ClN3O3S/c1-4-23-19(25-11-14-29(26,27)20(2,3)16-25)24-15-21(9-12-28-13-10-21)17-7-5-6-8-18(17)22/h5-8H,4,9-16H2,1-3H3,(H,23,24). The zero-order valence-electron chi connectivity index (χ0n) is 17.6. The van der Waals surface area contributed by atoms with E-state index in [-0.39, 0.29) is 11.2 Å². The molecule has 2 fully saturated rings. The van der Waals surface area contributed by atoms with Gasteiger partial charge in [-0.25, -0.2) is 8.42 Å². The second-order valence-corrected chi connectivity index (χ2v) is 11.7. The predicted octanol–water partition coefficient (Wildman–Crippen LogP) is 2.86. The highest BCUT2D eigenvalue weighted by atomic mass is 35.5. The molecule has 6 nitrogen and oxygen atoms in total. The van der Waals surface area contributed by atoms with Crippen molar-refractivity contribution in [3.63, 3.8) is 0 Å². The second-order valence-electron chi connectivity index (χ2n) is 8.54. The number of hydrogen-bond acceptors (Lipinski definition) is 4. The Kier molecular flexibility index (Phi) is 6.81. The third-order valence-electron chi connectivity index (χ3n) is 6.10. The van der Waals surface area contributed by atoms with Crippen LogP contribution in [0.1, 0.15) is 39.2 Å². The van der Waals surface area contributed by atoms with E-state index in [1.807, 2.05) is 25.1 Å². The van der Waals surface area contributed by atoms with Gasteiger partial charge in [-0.2, -0.15) is 0 Å². The highest BCUT2D eigenvalue weighted by Crippen LogP contribution is 2.39. The van der Waals surface area contributed by atoms with Crippen molar-refractivity contribution in [3.05, 3.63) is 34.9 Å². The number of aliphatic imine (C=N–C) groups is 1. The summed E-state index contributed by atoms with van der Waals surface area (Å²) in [6.07, 6.45) is 1.72. The van der Waals surface area contributed by atoms with Crippen LogP contribution >= 0.6 is 11.6 Å². The normalized spacial score (nSPS) is 23.6. The van der Waals surface area contributed by atoms with Gasteiger partial charge in [0.2, 0.25) is 0 Å². The van der Waals surface area contributed by atoms with Crippen LogP contribution in [-0.4, -0.2) is 69.2 Å². The molecule has 1 N–H and O–H groups in total. The van der Waals surface area contributed by atoms with E-state index in [2.05, 4.69) is 16.3 Å². The summed E-state index contributed by atoms with van der Waals surface area (Å²) < 4.78 is 29.6. The Hall–Kier alpha value is -1.31. The molecule has 0 saturated carbocycles. The molecule has 2 saturated heterocycles. The molecule has 29 heavy (non-hydrogen) atoms. The SMILES string of the molecule is CCNC(=NCC1(c2ccccc2Cl)CCOCC1)N1CCS(=O)(=O)C(C)(C)C1. The predicted molar refractivity (Wildman–Crippen MR) is 119 cm³/mol. The molecule has 0 amide bonds. The fourth-order valence-corrected chi connectivity index (χ4v) is 5.84. The molecular formula is C21H32ClN3O3S. The number of guanidine groups is 1. The first-order chi connectivity index (χ1) is 13.7. The molecule has 3 rings (SSSR count). The van der Waals surface area contributed by atoms with E-state index in [9.17, 15) is 8.42 Å². The Bertz CT molecular complexity index is 848. The molecule has 2 aliphatic rings. The van der Waals surface area contributed by atoms with Gasteiger partial charge < -0.3 is 15.0 Å². The number of hydrogen-bond donors (Lipinski definition) is 1. The van der Waals surface area contributed by atoms with E-state index in [1.165, 1.54) is 0 Å². The maximum Gasteiger partial charge on any atom is 0.194 e.